The van der Waals surface area contributed by atoms with Crippen LogP contribution < -0.4 is 11.3 Å². The molecule has 0 spiro atoms. The van der Waals surface area contributed by atoms with E-state index in [2.05, 4.69) is 10.4 Å². The SMILES string of the molecule is NNC(=O)C1CCN(C(=O)c2ccccn2)C1. The van der Waals surface area contributed by atoms with Crippen LogP contribution in [0.5, 0.6) is 0 Å². The van der Waals surface area contributed by atoms with E-state index in [0.29, 0.717) is 25.2 Å². The summed E-state index contributed by atoms with van der Waals surface area (Å²) in [5.41, 5.74) is 2.52. The number of nitrogens with zero attached hydrogens (tertiary/aromatic N) is 2. The van der Waals surface area contributed by atoms with Gasteiger partial charge in [0.1, 0.15) is 5.69 Å². The summed E-state index contributed by atoms with van der Waals surface area (Å²) in [5, 5.41) is 0. The molecule has 0 aromatic carbocycles. The number of hydrazine groups is 1. The van der Waals surface area contributed by atoms with Crippen molar-refractivity contribution in [3.63, 3.8) is 0 Å². The van der Waals surface area contributed by atoms with Crippen molar-refractivity contribution < 1.29 is 9.59 Å². The zero-order chi connectivity index (χ0) is 12.3. The van der Waals surface area contributed by atoms with Gasteiger partial charge in [0, 0.05) is 19.3 Å². The molecule has 1 unspecified atom stereocenters. The van der Waals surface area contributed by atoms with Crippen LogP contribution in [0.3, 0.4) is 0 Å². The number of rotatable bonds is 2. The van der Waals surface area contributed by atoms with E-state index in [1.807, 2.05) is 0 Å². The molecule has 1 aliphatic rings. The van der Waals surface area contributed by atoms with Gasteiger partial charge in [-0.25, -0.2) is 5.84 Å². The molecule has 1 aliphatic heterocycles. The Hall–Kier alpha value is -1.95. The van der Waals surface area contributed by atoms with E-state index < -0.39 is 0 Å². The number of nitrogens with one attached hydrogen (secondary N) is 1. The number of hydrogen-bond donors (Lipinski definition) is 2. The lowest BCUT2D eigenvalue weighted by Crippen LogP contribution is -2.38. The topological polar surface area (TPSA) is 88.3 Å². The fourth-order valence-electron chi connectivity index (χ4n) is 1.93. The maximum atomic E-state index is 12.0. The van der Waals surface area contributed by atoms with E-state index in [1.165, 1.54) is 0 Å². The van der Waals surface area contributed by atoms with Gasteiger partial charge in [-0.1, -0.05) is 6.07 Å². The summed E-state index contributed by atoms with van der Waals surface area (Å²) in [6.07, 6.45) is 2.22. The minimum absolute atomic E-state index is 0.141. The third-order valence-electron chi connectivity index (χ3n) is 2.87. The Balaban J connectivity index is 2.02. The Morgan fingerprint density at radius 1 is 1.47 bits per heavy atom. The van der Waals surface area contributed by atoms with Gasteiger partial charge >= 0.3 is 0 Å². The highest BCUT2D eigenvalue weighted by molar-refractivity contribution is 5.93. The minimum atomic E-state index is -0.221. The number of amides is 2. The zero-order valence-electron chi connectivity index (χ0n) is 9.30. The highest BCUT2D eigenvalue weighted by Crippen LogP contribution is 2.17. The molecule has 0 aliphatic carbocycles. The van der Waals surface area contributed by atoms with Gasteiger partial charge in [-0.15, -0.1) is 0 Å². The standard InChI is InChI=1S/C11H14N4O2/c12-14-10(16)8-4-6-15(7-8)11(17)9-3-1-2-5-13-9/h1-3,5,8H,4,6-7,12H2,(H,14,16). The molecule has 6 heteroatoms. The molecule has 2 rings (SSSR count). The van der Waals surface area contributed by atoms with Crippen LogP contribution in [-0.4, -0.2) is 34.8 Å². The number of carbonyl (C=O) groups excluding carboxylic acids is 2. The second-order valence-electron chi connectivity index (χ2n) is 3.96. The van der Waals surface area contributed by atoms with Crippen LogP contribution >= 0.6 is 0 Å². The molecular formula is C11H14N4O2. The van der Waals surface area contributed by atoms with Crippen LogP contribution in [0.4, 0.5) is 0 Å². The summed E-state index contributed by atoms with van der Waals surface area (Å²) in [5.74, 6) is 4.49. The van der Waals surface area contributed by atoms with Crippen molar-refractivity contribution in [3.8, 4) is 0 Å². The van der Waals surface area contributed by atoms with Gasteiger partial charge in [-0.05, 0) is 18.6 Å². The van der Waals surface area contributed by atoms with Crippen LogP contribution in [0.15, 0.2) is 24.4 Å². The molecule has 1 aromatic heterocycles. The van der Waals surface area contributed by atoms with E-state index in [-0.39, 0.29) is 17.7 Å². The summed E-state index contributed by atoms with van der Waals surface area (Å²) in [7, 11) is 0. The number of carbonyl (C=O) groups is 2. The van der Waals surface area contributed by atoms with Crippen LogP contribution in [0.25, 0.3) is 0 Å². The highest BCUT2D eigenvalue weighted by atomic mass is 16.2. The molecule has 0 radical (unpaired) electrons. The monoisotopic (exact) mass is 234 g/mol. The largest absolute Gasteiger partial charge is 0.336 e. The van der Waals surface area contributed by atoms with Gasteiger partial charge < -0.3 is 4.90 Å². The number of aromatic nitrogens is 1. The lowest BCUT2D eigenvalue weighted by molar-refractivity contribution is -0.124. The molecule has 2 amide bonds. The van der Waals surface area contributed by atoms with E-state index in [9.17, 15) is 9.59 Å². The van der Waals surface area contributed by atoms with Crippen molar-refractivity contribution in [2.75, 3.05) is 13.1 Å². The average molecular weight is 234 g/mol. The number of nitrogens with two attached hydrogens (primary N) is 1. The second-order valence-corrected chi connectivity index (χ2v) is 3.96. The molecule has 6 nitrogen and oxygen atoms in total. The molecule has 1 aromatic rings. The van der Waals surface area contributed by atoms with Gasteiger partial charge in [0.05, 0.1) is 5.92 Å². The summed E-state index contributed by atoms with van der Waals surface area (Å²) in [4.78, 5) is 29.0. The first-order valence-corrected chi connectivity index (χ1v) is 5.43. The van der Waals surface area contributed by atoms with E-state index in [1.54, 1.807) is 29.3 Å². The van der Waals surface area contributed by atoms with Crippen molar-refractivity contribution in [2.45, 2.75) is 6.42 Å². The lowest BCUT2D eigenvalue weighted by Gasteiger charge is -2.15. The van der Waals surface area contributed by atoms with Gasteiger partial charge in [0.15, 0.2) is 0 Å². The van der Waals surface area contributed by atoms with Crippen molar-refractivity contribution in [1.82, 2.24) is 15.3 Å². The molecule has 17 heavy (non-hydrogen) atoms. The molecule has 1 saturated heterocycles. The van der Waals surface area contributed by atoms with Gasteiger partial charge in [-0.3, -0.25) is 20.0 Å². The zero-order valence-corrected chi connectivity index (χ0v) is 9.30. The average Bonchev–Trinajstić information content (AvgIpc) is 2.87. The van der Waals surface area contributed by atoms with E-state index in [0.717, 1.165) is 0 Å². The smallest absolute Gasteiger partial charge is 0.272 e. The highest BCUT2D eigenvalue weighted by Gasteiger charge is 2.31. The molecule has 3 N–H and O–H groups in total. The van der Waals surface area contributed by atoms with Crippen molar-refractivity contribution in [1.29, 1.82) is 0 Å². The van der Waals surface area contributed by atoms with Crippen molar-refractivity contribution >= 4 is 11.8 Å². The van der Waals surface area contributed by atoms with E-state index in [4.69, 9.17) is 5.84 Å². The predicted molar refractivity (Wildman–Crippen MR) is 60.6 cm³/mol. The van der Waals surface area contributed by atoms with Gasteiger partial charge in [-0.2, -0.15) is 0 Å². The lowest BCUT2D eigenvalue weighted by atomic mass is 10.1. The first-order valence-electron chi connectivity index (χ1n) is 5.43. The summed E-state index contributed by atoms with van der Waals surface area (Å²) in [6.45, 7) is 0.964. The van der Waals surface area contributed by atoms with E-state index >= 15 is 0 Å². The van der Waals surface area contributed by atoms with Gasteiger partial charge in [0.25, 0.3) is 5.91 Å². The normalized spacial score (nSPS) is 19.1. The Morgan fingerprint density at radius 2 is 2.29 bits per heavy atom. The summed E-state index contributed by atoms with van der Waals surface area (Å²) in [6, 6.07) is 5.18. The van der Waals surface area contributed by atoms with Crippen LogP contribution in [0.2, 0.25) is 0 Å². The Bertz CT molecular complexity index is 421. The van der Waals surface area contributed by atoms with Crippen LogP contribution in [0.1, 0.15) is 16.9 Å². The molecule has 90 valence electrons. The number of hydrogen-bond acceptors (Lipinski definition) is 4. The van der Waals surface area contributed by atoms with Gasteiger partial charge in [0.2, 0.25) is 5.91 Å². The first kappa shape index (κ1) is 11.5. The maximum Gasteiger partial charge on any atom is 0.272 e. The number of pyridine rings is 1. The first-order chi connectivity index (χ1) is 8.22. The third kappa shape index (κ3) is 2.42. The quantitative estimate of drug-likeness (QED) is 0.411. The summed E-state index contributed by atoms with van der Waals surface area (Å²) >= 11 is 0. The second kappa shape index (κ2) is 4.92. The van der Waals surface area contributed by atoms with Crippen molar-refractivity contribution in [2.24, 2.45) is 11.8 Å². The summed E-state index contributed by atoms with van der Waals surface area (Å²) < 4.78 is 0. The molecule has 0 bridgehead atoms. The fourth-order valence-corrected chi connectivity index (χ4v) is 1.93. The molecule has 2 heterocycles. The molecule has 1 atom stereocenters. The van der Waals surface area contributed by atoms with Crippen LogP contribution in [0, 0.1) is 5.92 Å². The molecular weight excluding hydrogens is 220 g/mol. The minimum Gasteiger partial charge on any atom is -0.336 e. The Kier molecular flexibility index (Phi) is 3.34. The predicted octanol–water partition coefficient (Wildman–Crippen LogP) is -0.466. The van der Waals surface area contributed by atoms with Crippen LogP contribution in [-0.2, 0) is 4.79 Å². The molecule has 1 fully saturated rings. The number of likely N-dealkylation sites (tertiary alicyclic amines) is 1. The molecule has 0 saturated carbocycles. The maximum absolute atomic E-state index is 12.0. The Labute approximate surface area is 98.8 Å². The Morgan fingerprint density at radius 3 is 2.94 bits per heavy atom. The fraction of sp³-hybridized carbons (Fsp3) is 0.364. The van der Waals surface area contributed by atoms with Crippen molar-refractivity contribution in [3.05, 3.63) is 30.1 Å². The third-order valence-corrected chi connectivity index (χ3v) is 2.87.